The first-order valence-corrected chi connectivity index (χ1v) is 8.62. The van der Waals surface area contributed by atoms with Crippen LogP contribution in [0.5, 0.6) is 0 Å². The third-order valence-corrected chi connectivity index (χ3v) is 4.49. The first kappa shape index (κ1) is 19.4. The largest absolute Gasteiger partial charge is 0.469 e. The zero-order valence-electron chi connectivity index (χ0n) is 13.4. The van der Waals surface area contributed by atoms with Crippen LogP contribution in [-0.2, 0) is 20.7 Å². The average molecular weight is 429 g/mol. The van der Waals surface area contributed by atoms with Crippen molar-refractivity contribution in [1.82, 2.24) is 5.32 Å². The van der Waals surface area contributed by atoms with Crippen molar-refractivity contribution in [2.24, 2.45) is 0 Å². The lowest BCUT2D eigenvalue weighted by molar-refractivity contribution is -0.141. The third-order valence-electron chi connectivity index (χ3n) is 3.61. The predicted molar refractivity (Wildman–Crippen MR) is 96.8 cm³/mol. The van der Waals surface area contributed by atoms with Gasteiger partial charge in [0.05, 0.1) is 26.0 Å². The number of hydrogen-bond acceptors (Lipinski definition) is 3. The monoisotopic (exact) mass is 427 g/mol. The summed E-state index contributed by atoms with van der Waals surface area (Å²) in [5.74, 6) is -1.45. The zero-order valence-corrected chi connectivity index (χ0v) is 15.7. The van der Waals surface area contributed by atoms with E-state index in [0.29, 0.717) is 0 Å². The van der Waals surface area contributed by atoms with Crippen molar-refractivity contribution in [2.75, 3.05) is 7.11 Å². The minimum Gasteiger partial charge on any atom is -0.469 e. The predicted octanol–water partition coefficient (Wildman–Crippen LogP) is 4.20. The summed E-state index contributed by atoms with van der Waals surface area (Å²) in [6, 6.07) is 10.8. The molecule has 0 fully saturated rings. The van der Waals surface area contributed by atoms with Crippen LogP contribution in [-0.4, -0.2) is 19.0 Å². The summed E-state index contributed by atoms with van der Waals surface area (Å²) < 4.78 is 19.4. The molecule has 1 atom stereocenters. The lowest BCUT2D eigenvalue weighted by atomic mass is 10.0. The van der Waals surface area contributed by atoms with Crippen LogP contribution < -0.4 is 5.32 Å². The average Bonchev–Trinajstić information content (AvgIpc) is 2.58. The molecule has 0 spiro atoms. The Bertz CT molecular complexity index is 747. The summed E-state index contributed by atoms with van der Waals surface area (Å²) in [6.45, 7) is 0. The molecule has 7 heteroatoms. The maximum atomic E-state index is 13.8. The second kappa shape index (κ2) is 8.97. The highest BCUT2D eigenvalue weighted by Crippen LogP contribution is 2.22. The summed E-state index contributed by atoms with van der Waals surface area (Å²) in [5.41, 5.74) is 0.857. The molecule has 0 saturated carbocycles. The second-order valence-corrected chi connectivity index (χ2v) is 6.65. The molecule has 1 unspecified atom stereocenters. The molecule has 0 aliphatic carbocycles. The fourth-order valence-corrected chi connectivity index (χ4v) is 2.80. The fourth-order valence-electron chi connectivity index (χ4n) is 2.30. The van der Waals surface area contributed by atoms with Gasteiger partial charge in [0.1, 0.15) is 5.82 Å². The van der Waals surface area contributed by atoms with Gasteiger partial charge in [0.2, 0.25) is 5.91 Å². The fraction of sp³-hybridized carbons (Fsp3) is 0.222. The molecule has 0 aliphatic heterocycles. The smallest absolute Gasteiger partial charge is 0.307 e. The Labute approximate surface area is 158 Å². The zero-order chi connectivity index (χ0) is 18.4. The van der Waals surface area contributed by atoms with Crippen LogP contribution in [0.2, 0.25) is 5.02 Å². The van der Waals surface area contributed by atoms with Gasteiger partial charge in [0.25, 0.3) is 0 Å². The number of rotatable bonds is 6. The van der Waals surface area contributed by atoms with Gasteiger partial charge in [-0.25, -0.2) is 4.39 Å². The van der Waals surface area contributed by atoms with Gasteiger partial charge < -0.3 is 10.1 Å². The maximum Gasteiger partial charge on any atom is 0.307 e. The summed E-state index contributed by atoms with van der Waals surface area (Å²) in [6.07, 6.45) is -0.255. The Kier molecular flexibility index (Phi) is 6.96. The highest BCUT2D eigenvalue weighted by molar-refractivity contribution is 9.10. The van der Waals surface area contributed by atoms with Crippen molar-refractivity contribution in [3.63, 3.8) is 0 Å². The highest BCUT2D eigenvalue weighted by atomic mass is 79.9. The maximum absolute atomic E-state index is 13.8. The van der Waals surface area contributed by atoms with E-state index in [2.05, 4.69) is 26.0 Å². The van der Waals surface area contributed by atoms with E-state index >= 15 is 0 Å². The van der Waals surface area contributed by atoms with Crippen LogP contribution >= 0.6 is 27.5 Å². The van der Waals surface area contributed by atoms with E-state index in [-0.39, 0.29) is 23.4 Å². The van der Waals surface area contributed by atoms with Crippen molar-refractivity contribution in [2.45, 2.75) is 18.9 Å². The number of amides is 1. The quantitative estimate of drug-likeness (QED) is 0.702. The summed E-state index contributed by atoms with van der Waals surface area (Å²) in [7, 11) is 1.28. The normalized spacial score (nSPS) is 11.7. The molecule has 0 bridgehead atoms. The van der Waals surface area contributed by atoms with E-state index in [1.807, 2.05) is 0 Å². The molecule has 25 heavy (non-hydrogen) atoms. The van der Waals surface area contributed by atoms with Gasteiger partial charge in [-0.05, 0) is 29.8 Å². The number of halogens is 3. The molecule has 1 amide bonds. The first-order chi connectivity index (χ1) is 11.9. The summed E-state index contributed by atoms with van der Waals surface area (Å²) in [4.78, 5) is 24.0. The number of ether oxygens (including phenoxy) is 1. The van der Waals surface area contributed by atoms with Crippen LogP contribution in [0.1, 0.15) is 23.6 Å². The van der Waals surface area contributed by atoms with Crippen LogP contribution in [0.25, 0.3) is 0 Å². The molecule has 2 aromatic rings. The molecule has 4 nitrogen and oxygen atoms in total. The van der Waals surface area contributed by atoms with Gasteiger partial charge in [-0.2, -0.15) is 0 Å². The Morgan fingerprint density at radius 1 is 1.24 bits per heavy atom. The number of methoxy groups -OCH3 is 1. The number of nitrogens with one attached hydrogen (secondary N) is 1. The Hall–Kier alpha value is -1.92. The van der Waals surface area contributed by atoms with Gasteiger partial charge in [0.15, 0.2) is 0 Å². The number of carbonyl (C=O) groups is 2. The molecule has 0 saturated heterocycles. The SMILES string of the molecule is COC(=O)CC(NC(=O)Cc1c(F)cccc1Cl)c1ccc(Br)cc1. The highest BCUT2D eigenvalue weighted by Gasteiger charge is 2.20. The first-order valence-electron chi connectivity index (χ1n) is 7.45. The Balaban J connectivity index is 2.16. The van der Waals surface area contributed by atoms with E-state index < -0.39 is 23.7 Å². The van der Waals surface area contributed by atoms with E-state index in [1.54, 1.807) is 24.3 Å². The van der Waals surface area contributed by atoms with Crippen molar-refractivity contribution in [3.05, 3.63) is 68.9 Å². The number of carbonyl (C=O) groups excluding carboxylic acids is 2. The van der Waals surface area contributed by atoms with Gasteiger partial charge in [0, 0.05) is 15.1 Å². The Morgan fingerprint density at radius 3 is 2.52 bits per heavy atom. The van der Waals surface area contributed by atoms with Crippen LogP contribution in [0.4, 0.5) is 4.39 Å². The number of benzene rings is 2. The van der Waals surface area contributed by atoms with Gasteiger partial charge in [-0.3, -0.25) is 9.59 Å². The topological polar surface area (TPSA) is 55.4 Å². The van der Waals surface area contributed by atoms with E-state index in [1.165, 1.54) is 25.3 Å². The third kappa shape index (κ3) is 5.54. The molecule has 2 aromatic carbocycles. The second-order valence-electron chi connectivity index (χ2n) is 5.33. The van der Waals surface area contributed by atoms with Crippen molar-refractivity contribution >= 4 is 39.4 Å². The van der Waals surface area contributed by atoms with Crippen molar-refractivity contribution in [1.29, 1.82) is 0 Å². The molecule has 132 valence electrons. The minimum atomic E-state index is -0.585. The van der Waals surface area contributed by atoms with Crippen LogP contribution in [0, 0.1) is 5.82 Å². The molecular formula is C18H16BrClFNO3. The lowest BCUT2D eigenvalue weighted by Gasteiger charge is -2.19. The molecule has 0 radical (unpaired) electrons. The van der Waals surface area contributed by atoms with Gasteiger partial charge >= 0.3 is 5.97 Å². The molecule has 0 heterocycles. The van der Waals surface area contributed by atoms with Crippen LogP contribution in [0.3, 0.4) is 0 Å². The molecule has 0 aliphatic rings. The van der Waals surface area contributed by atoms with Crippen molar-refractivity contribution in [3.8, 4) is 0 Å². The number of hydrogen-bond donors (Lipinski definition) is 1. The number of esters is 1. The molecule has 0 aromatic heterocycles. The molecule has 2 rings (SSSR count). The van der Waals surface area contributed by atoms with Gasteiger partial charge in [-0.15, -0.1) is 0 Å². The standard InChI is InChI=1S/C18H16BrClFNO3/c1-25-18(24)10-16(11-5-7-12(19)8-6-11)22-17(23)9-13-14(20)3-2-4-15(13)21/h2-8,16H,9-10H2,1H3,(H,22,23). The molecular weight excluding hydrogens is 413 g/mol. The Morgan fingerprint density at radius 2 is 1.92 bits per heavy atom. The van der Waals surface area contributed by atoms with E-state index in [9.17, 15) is 14.0 Å². The van der Waals surface area contributed by atoms with Crippen molar-refractivity contribution < 1.29 is 18.7 Å². The summed E-state index contributed by atoms with van der Waals surface area (Å²) >= 11 is 9.29. The summed E-state index contributed by atoms with van der Waals surface area (Å²) in [5, 5.41) is 2.92. The van der Waals surface area contributed by atoms with E-state index in [0.717, 1.165) is 10.0 Å². The molecule has 1 N–H and O–H groups in total. The van der Waals surface area contributed by atoms with Gasteiger partial charge in [-0.1, -0.05) is 45.7 Å². The van der Waals surface area contributed by atoms with E-state index in [4.69, 9.17) is 11.6 Å². The van der Waals surface area contributed by atoms with Crippen LogP contribution in [0.15, 0.2) is 46.9 Å². The minimum absolute atomic E-state index is 0.0329. The lowest BCUT2D eigenvalue weighted by Crippen LogP contribution is -2.32.